The minimum Gasteiger partial charge on any atom is -0.486 e. The van der Waals surface area contributed by atoms with E-state index in [1.54, 1.807) is 12.1 Å². The van der Waals surface area contributed by atoms with Crippen LogP contribution < -0.4 is 14.8 Å². The molecule has 1 N–H and O–H groups in total. The molecule has 1 heterocycles. The zero-order valence-corrected chi connectivity index (χ0v) is 12.7. The van der Waals surface area contributed by atoms with Crippen LogP contribution in [-0.4, -0.2) is 48.7 Å². The molecule has 1 amide bonds. The molecule has 1 aliphatic heterocycles. The first-order chi connectivity index (χ1) is 11.5. The van der Waals surface area contributed by atoms with Gasteiger partial charge < -0.3 is 19.5 Å². The van der Waals surface area contributed by atoms with Crippen molar-refractivity contribution in [2.45, 2.75) is 18.6 Å². The Hall–Kier alpha value is -2.84. The highest BCUT2D eigenvalue weighted by molar-refractivity contribution is 5.82. The Morgan fingerprint density at radius 1 is 1.33 bits per heavy atom. The number of nitro groups is 1. The van der Waals surface area contributed by atoms with Crippen molar-refractivity contribution in [2.75, 3.05) is 19.8 Å². The summed E-state index contributed by atoms with van der Waals surface area (Å²) in [4.78, 5) is 33.2. The maximum atomic E-state index is 11.7. The average molecular weight is 336 g/mol. The van der Waals surface area contributed by atoms with Gasteiger partial charge in [-0.25, -0.2) is 0 Å². The van der Waals surface area contributed by atoms with Gasteiger partial charge in [-0.2, -0.15) is 0 Å². The number of nitrogens with zero attached hydrogens (tertiary/aromatic N) is 1. The van der Waals surface area contributed by atoms with E-state index in [1.165, 1.54) is 0 Å². The van der Waals surface area contributed by atoms with E-state index in [2.05, 4.69) is 5.32 Å². The number of carbonyl (C=O) groups excluding carboxylic acids is 2. The fourth-order valence-corrected chi connectivity index (χ4v) is 2.35. The molecule has 1 aliphatic carbocycles. The SMILES string of the molecule is O=C(COC(=O)C1CC1[N+](=O)[O-])NCC1COc2ccccc2O1. The summed E-state index contributed by atoms with van der Waals surface area (Å²) in [6, 6.07) is 6.33. The van der Waals surface area contributed by atoms with Gasteiger partial charge in [-0.15, -0.1) is 0 Å². The Labute approximate surface area is 137 Å². The fraction of sp³-hybridized carbons (Fsp3) is 0.467. The Morgan fingerprint density at radius 3 is 2.79 bits per heavy atom. The van der Waals surface area contributed by atoms with E-state index in [0.29, 0.717) is 18.1 Å². The van der Waals surface area contributed by atoms with Gasteiger partial charge >= 0.3 is 5.97 Å². The summed E-state index contributed by atoms with van der Waals surface area (Å²) in [5.74, 6) is -0.686. The number of carbonyl (C=O) groups is 2. The Bertz CT molecular complexity index is 663. The lowest BCUT2D eigenvalue weighted by Gasteiger charge is -2.26. The summed E-state index contributed by atoms with van der Waals surface area (Å²) in [6.45, 7) is 0.0271. The number of amides is 1. The van der Waals surface area contributed by atoms with Gasteiger partial charge in [-0.05, 0) is 12.1 Å². The molecule has 0 spiro atoms. The molecular formula is C15H16N2O7. The molecule has 9 nitrogen and oxygen atoms in total. The molecule has 1 aromatic rings. The van der Waals surface area contributed by atoms with Gasteiger partial charge in [0.2, 0.25) is 6.04 Å². The Morgan fingerprint density at radius 2 is 2.08 bits per heavy atom. The molecule has 9 heteroatoms. The van der Waals surface area contributed by atoms with E-state index in [9.17, 15) is 19.7 Å². The van der Waals surface area contributed by atoms with Crippen molar-refractivity contribution in [3.63, 3.8) is 0 Å². The molecular weight excluding hydrogens is 320 g/mol. The lowest BCUT2D eigenvalue weighted by molar-refractivity contribution is -0.497. The van der Waals surface area contributed by atoms with E-state index < -0.39 is 35.4 Å². The monoisotopic (exact) mass is 336 g/mol. The minimum atomic E-state index is -0.881. The summed E-state index contributed by atoms with van der Waals surface area (Å²) >= 11 is 0. The van der Waals surface area contributed by atoms with Crippen molar-refractivity contribution in [3.8, 4) is 11.5 Å². The molecule has 0 radical (unpaired) electrons. The first-order valence-electron chi connectivity index (χ1n) is 7.50. The number of para-hydroxylation sites is 2. The maximum Gasteiger partial charge on any atom is 0.316 e. The zero-order valence-electron chi connectivity index (χ0n) is 12.7. The Balaban J connectivity index is 1.36. The molecule has 24 heavy (non-hydrogen) atoms. The van der Waals surface area contributed by atoms with Crippen LogP contribution in [0.15, 0.2) is 24.3 Å². The minimum absolute atomic E-state index is 0.167. The summed E-state index contributed by atoms with van der Waals surface area (Å²) in [5.41, 5.74) is 0. The van der Waals surface area contributed by atoms with Crippen LogP contribution in [0.3, 0.4) is 0 Å². The summed E-state index contributed by atoms with van der Waals surface area (Å²) in [6.07, 6.45) is -0.179. The van der Waals surface area contributed by atoms with Crippen LogP contribution in [0, 0.1) is 16.0 Å². The second-order valence-corrected chi connectivity index (χ2v) is 5.60. The molecule has 3 unspecified atom stereocenters. The predicted molar refractivity (Wildman–Crippen MR) is 79.2 cm³/mol. The van der Waals surface area contributed by atoms with Crippen LogP contribution in [0.5, 0.6) is 11.5 Å². The maximum absolute atomic E-state index is 11.7. The van der Waals surface area contributed by atoms with Crippen LogP contribution in [0.2, 0.25) is 0 Å². The van der Waals surface area contributed by atoms with Crippen molar-refractivity contribution in [1.29, 1.82) is 0 Å². The topological polar surface area (TPSA) is 117 Å². The summed E-state index contributed by atoms with van der Waals surface area (Å²) in [5, 5.41) is 13.0. The first-order valence-corrected chi connectivity index (χ1v) is 7.50. The normalized spacial score (nSPS) is 23.9. The Kier molecular flexibility index (Phi) is 4.50. The molecule has 1 saturated carbocycles. The molecule has 1 fully saturated rings. The number of hydrogen-bond donors (Lipinski definition) is 1. The van der Waals surface area contributed by atoms with E-state index in [4.69, 9.17) is 14.2 Å². The number of rotatable bonds is 6. The molecule has 0 bridgehead atoms. The highest BCUT2D eigenvalue weighted by Crippen LogP contribution is 2.34. The van der Waals surface area contributed by atoms with Gasteiger partial charge in [0.05, 0.1) is 6.54 Å². The second-order valence-electron chi connectivity index (χ2n) is 5.60. The molecule has 2 aliphatic rings. The third-order valence-corrected chi connectivity index (χ3v) is 3.77. The van der Waals surface area contributed by atoms with Crippen LogP contribution in [0.25, 0.3) is 0 Å². The van der Waals surface area contributed by atoms with Crippen molar-refractivity contribution < 1.29 is 28.7 Å². The van der Waals surface area contributed by atoms with Gasteiger partial charge in [0, 0.05) is 11.3 Å². The third kappa shape index (κ3) is 3.73. The van der Waals surface area contributed by atoms with Crippen LogP contribution in [-0.2, 0) is 14.3 Å². The van der Waals surface area contributed by atoms with Crippen molar-refractivity contribution in [2.24, 2.45) is 5.92 Å². The number of fused-ring (bicyclic) bond motifs is 1. The smallest absolute Gasteiger partial charge is 0.316 e. The van der Waals surface area contributed by atoms with Crippen molar-refractivity contribution in [1.82, 2.24) is 5.32 Å². The molecule has 3 atom stereocenters. The lowest BCUT2D eigenvalue weighted by Crippen LogP contribution is -2.42. The zero-order chi connectivity index (χ0) is 17.1. The summed E-state index contributed by atoms with van der Waals surface area (Å²) < 4.78 is 16.0. The molecule has 1 aromatic carbocycles. The molecule has 128 valence electrons. The van der Waals surface area contributed by atoms with Gasteiger partial charge in [0.1, 0.15) is 18.6 Å². The highest BCUT2D eigenvalue weighted by Gasteiger charge is 2.54. The van der Waals surface area contributed by atoms with Gasteiger partial charge in [0.25, 0.3) is 5.91 Å². The third-order valence-electron chi connectivity index (χ3n) is 3.77. The van der Waals surface area contributed by atoms with Gasteiger partial charge in [0.15, 0.2) is 18.1 Å². The number of ether oxygens (including phenoxy) is 3. The lowest BCUT2D eigenvalue weighted by atomic mass is 10.2. The van der Waals surface area contributed by atoms with Gasteiger partial charge in [-0.3, -0.25) is 19.7 Å². The fourth-order valence-electron chi connectivity index (χ4n) is 2.35. The molecule has 0 saturated heterocycles. The van der Waals surface area contributed by atoms with Crippen LogP contribution in [0.1, 0.15) is 6.42 Å². The van der Waals surface area contributed by atoms with Crippen molar-refractivity contribution >= 4 is 11.9 Å². The number of esters is 1. The first kappa shape index (κ1) is 16.0. The van der Waals surface area contributed by atoms with E-state index in [1.807, 2.05) is 12.1 Å². The quantitative estimate of drug-likeness (QED) is 0.446. The predicted octanol–water partition coefficient (Wildman–Crippen LogP) is 0.151. The largest absolute Gasteiger partial charge is 0.486 e. The van der Waals surface area contributed by atoms with E-state index in [0.717, 1.165) is 0 Å². The van der Waals surface area contributed by atoms with Crippen molar-refractivity contribution in [3.05, 3.63) is 34.4 Å². The number of nitrogens with one attached hydrogen (secondary N) is 1. The van der Waals surface area contributed by atoms with Gasteiger partial charge in [-0.1, -0.05) is 12.1 Å². The second kappa shape index (κ2) is 6.73. The van der Waals surface area contributed by atoms with Crippen LogP contribution in [0.4, 0.5) is 0 Å². The number of hydrogen-bond acceptors (Lipinski definition) is 7. The van der Waals surface area contributed by atoms with Crippen LogP contribution >= 0.6 is 0 Å². The van der Waals surface area contributed by atoms with E-state index in [-0.39, 0.29) is 19.1 Å². The average Bonchev–Trinajstić information content (AvgIpc) is 3.38. The number of benzene rings is 1. The highest BCUT2D eigenvalue weighted by atomic mass is 16.6. The molecule has 3 rings (SSSR count). The van der Waals surface area contributed by atoms with E-state index >= 15 is 0 Å². The summed E-state index contributed by atoms with van der Waals surface area (Å²) in [7, 11) is 0. The molecule has 0 aromatic heterocycles. The standard InChI is InChI=1S/C15H16N2O7/c18-14(8-23-15(19)10-5-11(10)17(20)21)16-6-9-7-22-12-3-1-2-4-13(12)24-9/h1-4,9-11H,5-8H2,(H,16,18).